The summed E-state index contributed by atoms with van der Waals surface area (Å²) in [6, 6.07) is 5.26. The normalized spacial score (nSPS) is 10.2. The van der Waals surface area contributed by atoms with Gasteiger partial charge < -0.3 is 11.1 Å². The molecule has 0 spiro atoms. The largest absolute Gasteiger partial charge is 0.330 e. The third kappa shape index (κ3) is 4.51. The fraction of sp³-hybridized carbons (Fsp3) is 0.364. The van der Waals surface area contributed by atoms with Crippen LogP contribution in [0.3, 0.4) is 0 Å². The van der Waals surface area contributed by atoms with Gasteiger partial charge in [0.2, 0.25) is 5.91 Å². The summed E-state index contributed by atoms with van der Waals surface area (Å²) in [6.45, 7) is 0.623. The van der Waals surface area contributed by atoms with Crippen molar-refractivity contribution in [3.05, 3.63) is 27.7 Å². The van der Waals surface area contributed by atoms with E-state index < -0.39 is 0 Å². The number of hydrogen-bond acceptors (Lipinski definition) is 2. The van der Waals surface area contributed by atoms with E-state index in [-0.39, 0.29) is 5.91 Å². The highest BCUT2D eigenvalue weighted by molar-refractivity contribution is 9.10. The second-order valence-corrected chi connectivity index (χ2v) is 4.71. The van der Waals surface area contributed by atoms with Crippen molar-refractivity contribution >= 4 is 39.1 Å². The second-order valence-electron chi connectivity index (χ2n) is 3.42. The van der Waals surface area contributed by atoms with Gasteiger partial charge in [0.05, 0.1) is 5.69 Å². The predicted octanol–water partition coefficient (Wildman–Crippen LogP) is 3.17. The molecule has 1 rings (SSSR count). The lowest BCUT2D eigenvalue weighted by Gasteiger charge is -2.07. The van der Waals surface area contributed by atoms with E-state index in [9.17, 15) is 4.79 Å². The molecule has 3 N–H and O–H groups in total. The number of carbonyl (C=O) groups is 1. The van der Waals surface area contributed by atoms with E-state index in [1.807, 2.05) is 0 Å². The molecule has 0 unspecified atom stereocenters. The van der Waals surface area contributed by atoms with Crippen LogP contribution < -0.4 is 11.1 Å². The summed E-state index contributed by atoms with van der Waals surface area (Å²) >= 11 is 9.14. The molecular weight excluding hydrogens is 291 g/mol. The topological polar surface area (TPSA) is 55.1 Å². The highest BCUT2D eigenvalue weighted by Gasteiger charge is 2.05. The Labute approximate surface area is 108 Å². The Morgan fingerprint density at radius 3 is 2.81 bits per heavy atom. The number of rotatable bonds is 5. The van der Waals surface area contributed by atoms with E-state index in [0.717, 1.165) is 23.0 Å². The monoisotopic (exact) mass is 304 g/mol. The summed E-state index contributed by atoms with van der Waals surface area (Å²) in [5.74, 6) is -0.00327. The van der Waals surface area contributed by atoms with Crippen molar-refractivity contribution < 1.29 is 4.79 Å². The first kappa shape index (κ1) is 13.5. The van der Waals surface area contributed by atoms with E-state index >= 15 is 0 Å². The highest BCUT2D eigenvalue weighted by atomic mass is 79.9. The van der Waals surface area contributed by atoms with Crippen LogP contribution in [0.5, 0.6) is 0 Å². The SMILES string of the molecule is NCCCCC(=O)Nc1ccc(Cl)cc1Br. The summed E-state index contributed by atoms with van der Waals surface area (Å²) in [5, 5.41) is 3.44. The van der Waals surface area contributed by atoms with Gasteiger partial charge in [-0.1, -0.05) is 11.6 Å². The Morgan fingerprint density at radius 1 is 1.44 bits per heavy atom. The smallest absolute Gasteiger partial charge is 0.224 e. The van der Waals surface area contributed by atoms with Crippen LogP contribution in [0, 0.1) is 0 Å². The molecule has 16 heavy (non-hydrogen) atoms. The summed E-state index contributed by atoms with van der Waals surface area (Å²) in [7, 11) is 0. The standard InChI is InChI=1S/C11H14BrClN2O/c12-9-7-8(13)4-5-10(9)15-11(16)3-1-2-6-14/h4-5,7H,1-3,6,14H2,(H,15,16). The molecule has 0 radical (unpaired) electrons. The van der Waals surface area contributed by atoms with Crippen molar-refractivity contribution in [3.8, 4) is 0 Å². The Hall–Kier alpha value is -0.580. The van der Waals surface area contributed by atoms with Gasteiger partial charge in [-0.2, -0.15) is 0 Å². The van der Waals surface area contributed by atoms with Crippen molar-refractivity contribution in [2.75, 3.05) is 11.9 Å². The van der Waals surface area contributed by atoms with Gasteiger partial charge >= 0.3 is 0 Å². The first-order valence-corrected chi connectivity index (χ1v) is 6.25. The van der Waals surface area contributed by atoms with Gasteiger partial charge in [0.1, 0.15) is 0 Å². The Bertz CT molecular complexity index is 371. The van der Waals surface area contributed by atoms with Gasteiger partial charge in [0.25, 0.3) is 0 Å². The third-order valence-electron chi connectivity index (χ3n) is 2.06. The van der Waals surface area contributed by atoms with Crippen molar-refractivity contribution in [1.82, 2.24) is 0 Å². The van der Waals surface area contributed by atoms with Crippen LogP contribution in [0.25, 0.3) is 0 Å². The van der Waals surface area contributed by atoms with Crippen LogP contribution in [0.15, 0.2) is 22.7 Å². The van der Waals surface area contributed by atoms with Crippen LogP contribution in [0.1, 0.15) is 19.3 Å². The number of benzene rings is 1. The molecule has 0 saturated heterocycles. The lowest BCUT2D eigenvalue weighted by molar-refractivity contribution is -0.116. The number of halogens is 2. The van der Waals surface area contributed by atoms with Crippen molar-refractivity contribution in [2.45, 2.75) is 19.3 Å². The minimum atomic E-state index is -0.00327. The van der Waals surface area contributed by atoms with E-state index in [0.29, 0.717) is 18.0 Å². The van der Waals surface area contributed by atoms with Gasteiger partial charge in [-0.15, -0.1) is 0 Å². The zero-order valence-corrected chi connectivity index (χ0v) is 11.1. The second kappa shape index (κ2) is 6.89. The van der Waals surface area contributed by atoms with E-state index in [4.69, 9.17) is 17.3 Å². The fourth-order valence-electron chi connectivity index (χ4n) is 1.23. The molecule has 0 aliphatic rings. The number of carbonyl (C=O) groups excluding carboxylic acids is 1. The fourth-order valence-corrected chi connectivity index (χ4v) is 2.02. The van der Waals surface area contributed by atoms with Crippen LogP contribution in [0.2, 0.25) is 5.02 Å². The molecule has 0 saturated carbocycles. The summed E-state index contributed by atoms with van der Waals surface area (Å²) in [4.78, 5) is 11.5. The maximum Gasteiger partial charge on any atom is 0.224 e. The predicted molar refractivity (Wildman–Crippen MR) is 70.7 cm³/mol. The van der Waals surface area contributed by atoms with E-state index in [1.165, 1.54) is 0 Å². The number of nitrogens with two attached hydrogens (primary N) is 1. The molecule has 0 fully saturated rings. The van der Waals surface area contributed by atoms with Gasteiger partial charge in [0.15, 0.2) is 0 Å². The molecular formula is C11H14BrClN2O. The van der Waals surface area contributed by atoms with Crippen molar-refractivity contribution in [3.63, 3.8) is 0 Å². The quantitative estimate of drug-likeness (QED) is 0.821. The minimum Gasteiger partial charge on any atom is -0.330 e. The zero-order valence-electron chi connectivity index (χ0n) is 8.80. The molecule has 5 heteroatoms. The Morgan fingerprint density at radius 2 is 2.19 bits per heavy atom. The number of anilines is 1. The molecule has 3 nitrogen and oxygen atoms in total. The first-order chi connectivity index (χ1) is 7.63. The number of amides is 1. The van der Waals surface area contributed by atoms with Crippen LogP contribution in [0.4, 0.5) is 5.69 Å². The van der Waals surface area contributed by atoms with Gasteiger partial charge in [-0.05, 0) is 53.5 Å². The molecule has 0 atom stereocenters. The summed E-state index contributed by atoms with van der Waals surface area (Å²) in [6.07, 6.45) is 2.18. The Balaban J connectivity index is 2.49. The lowest BCUT2D eigenvalue weighted by Crippen LogP contribution is -2.12. The summed E-state index contributed by atoms with van der Waals surface area (Å²) < 4.78 is 0.784. The maximum atomic E-state index is 11.5. The maximum absolute atomic E-state index is 11.5. The lowest BCUT2D eigenvalue weighted by atomic mass is 10.2. The molecule has 0 heterocycles. The molecule has 0 aromatic heterocycles. The molecule has 1 amide bonds. The van der Waals surface area contributed by atoms with Gasteiger partial charge in [-0.25, -0.2) is 0 Å². The van der Waals surface area contributed by atoms with Crippen LogP contribution >= 0.6 is 27.5 Å². The first-order valence-electron chi connectivity index (χ1n) is 5.08. The number of unbranched alkanes of at least 4 members (excludes halogenated alkanes) is 1. The van der Waals surface area contributed by atoms with Crippen molar-refractivity contribution in [1.29, 1.82) is 0 Å². The van der Waals surface area contributed by atoms with Crippen LogP contribution in [-0.4, -0.2) is 12.5 Å². The molecule has 0 bridgehead atoms. The molecule has 88 valence electrons. The number of hydrogen-bond donors (Lipinski definition) is 2. The van der Waals surface area contributed by atoms with E-state index in [1.54, 1.807) is 18.2 Å². The average Bonchev–Trinajstić information content (AvgIpc) is 2.23. The molecule has 0 aliphatic carbocycles. The minimum absolute atomic E-state index is 0.00327. The van der Waals surface area contributed by atoms with Crippen molar-refractivity contribution in [2.24, 2.45) is 5.73 Å². The number of nitrogens with one attached hydrogen (secondary N) is 1. The van der Waals surface area contributed by atoms with Crippen LogP contribution in [-0.2, 0) is 4.79 Å². The van der Waals surface area contributed by atoms with E-state index in [2.05, 4.69) is 21.2 Å². The molecule has 1 aromatic rings. The van der Waals surface area contributed by atoms with Gasteiger partial charge in [-0.3, -0.25) is 4.79 Å². The summed E-state index contributed by atoms with van der Waals surface area (Å²) in [5.41, 5.74) is 6.09. The molecule has 0 aliphatic heterocycles. The Kier molecular flexibility index (Phi) is 5.80. The van der Waals surface area contributed by atoms with Gasteiger partial charge in [0, 0.05) is 15.9 Å². The molecule has 1 aromatic carbocycles. The average molecular weight is 306 g/mol. The zero-order chi connectivity index (χ0) is 12.0. The highest BCUT2D eigenvalue weighted by Crippen LogP contribution is 2.25. The third-order valence-corrected chi connectivity index (χ3v) is 2.95.